The average molecular weight is 230 g/mol. The molecule has 0 heteroatoms. The maximum atomic E-state index is 2.24. The minimum atomic E-state index is 0.852. The Morgan fingerprint density at radius 3 is 0.875 bits per heavy atom. The Morgan fingerprint density at radius 2 is 0.875 bits per heavy atom. The molecule has 102 valence electrons. The van der Waals surface area contributed by atoms with Crippen molar-refractivity contribution in [1.82, 2.24) is 0 Å². The summed E-state index contributed by atoms with van der Waals surface area (Å²) >= 11 is 0. The van der Waals surface area contributed by atoms with Crippen molar-refractivity contribution in [3.63, 3.8) is 0 Å². The third-order valence-corrected chi connectivity index (χ3v) is 2.86. The highest BCUT2D eigenvalue weighted by Crippen LogP contribution is 2.05. The van der Waals surface area contributed by atoms with E-state index in [4.69, 9.17) is 0 Å². The molecule has 0 saturated carbocycles. The van der Waals surface area contributed by atoms with Gasteiger partial charge in [0.05, 0.1) is 0 Å². The quantitative estimate of drug-likeness (QED) is 0.514. The molecule has 16 heavy (non-hydrogen) atoms. The van der Waals surface area contributed by atoms with E-state index < -0.39 is 0 Å². The van der Waals surface area contributed by atoms with E-state index in [1.54, 1.807) is 0 Å². The highest BCUT2D eigenvalue weighted by atomic mass is 14.0. The van der Waals surface area contributed by atoms with Crippen LogP contribution in [0, 0.1) is 17.8 Å². The second-order valence-electron chi connectivity index (χ2n) is 5.64. The van der Waals surface area contributed by atoms with Crippen LogP contribution < -0.4 is 0 Å². The van der Waals surface area contributed by atoms with Gasteiger partial charge in [-0.2, -0.15) is 0 Å². The molecule has 0 atom stereocenters. The Hall–Kier alpha value is 0. The summed E-state index contributed by atoms with van der Waals surface area (Å²) in [5.74, 6) is 2.59. The van der Waals surface area contributed by atoms with E-state index >= 15 is 0 Å². The first kappa shape index (κ1) is 21.3. The summed E-state index contributed by atoms with van der Waals surface area (Å²) in [5, 5.41) is 0. The van der Waals surface area contributed by atoms with Crippen LogP contribution in [0.2, 0.25) is 0 Å². The molecule has 0 aromatic rings. The minimum Gasteiger partial charge on any atom is -0.0654 e. The van der Waals surface area contributed by atoms with Gasteiger partial charge in [-0.25, -0.2) is 0 Å². The molecule has 0 heterocycles. The molecule has 0 aliphatic carbocycles. The predicted molar refractivity (Wildman–Crippen MR) is 80.0 cm³/mol. The fourth-order valence-electron chi connectivity index (χ4n) is 0.354. The largest absolute Gasteiger partial charge is 0.0654 e. The monoisotopic (exact) mass is 230 g/mol. The first-order valence-corrected chi connectivity index (χ1v) is 7.33. The lowest BCUT2D eigenvalue weighted by atomic mass is 10.0. The fourth-order valence-corrected chi connectivity index (χ4v) is 0.354. The van der Waals surface area contributed by atoms with E-state index in [2.05, 4.69) is 62.3 Å². The zero-order chi connectivity index (χ0) is 13.6. The Bertz CT molecular complexity index is 82.2. The van der Waals surface area contributed by atoms with E-state index in [9.17, 15) is 0 Å². The average Bonchev–Trinajstić information content (AvgIpc) is 2.20. The number of unbranched alkanes of at least 4 members (excludes halogenated alkanes) is 2. The van der Waals surface area contributed by atoms with Crippen LogP contribution in [0.1, 0.15) is 88.0 Å². The van der Waals surface area contributed by atoms with Gasteiger partial charge >= 0.3 is 0 Å². The number of hydrogen-bond acceptors (Lipinski definition) is 0. The Balaban J connectivity index is -0.000000160. The standard InChI is InChI=1S/C6H14.2C5H12/c1-5(2)6(3)4;1-4-5(2)3;1-3-5-4-2/h5-6H,1-4H3;5H,4H2,1-3H3;3-5H2,1-2H3. The normalized spacial score (nSPS) is 9.75. The fraction of sp³-hybridized carbons (Fsp3) is 1.00. The summed E-state index contributed by atoms with van der Waals surface area (Å²) in [6.07, 6.45) is 5.38. The summed E-state index contributed by atoms with van der Waals surface area (Å²) in [7, 11) is 0. The Kier molecular flexibility index (Phi) is 23.2. The van der Waals surface area contributed by atoms with Gasteiger partial charge in [0.1, 0.15) is 0 Å². The Morgan fingerprint density at radius 1 is 0.625 bits per heavy atom. The summed E-state index contributed by atoms with van der Waals surface area (Å²) in [6, 6.07) is 0. The van der Waals surface area contributed by atoms with E-state index in [0.29, 0.717) is 0 Å². The molecule has 0 unspecified atom stereocenters. The molecule has 0 aliphatic rings. The van der Waals surface area contributed by atoms with Gasteiger partial charge in [-0.1, -0.05) is 88.0 Å². The molecule has 0 saturated heterocycles. The third-order valence-electron chi connectivity index (χ3n) is 2.86. The van der Waals surface area contributed by atoms with E-state index in [0.717, 1.165) is 17.8 Å². The van der Waals surface area contributed by atoms with E-state index in [-0.39, 0.29) is 0 Å². The minimum absolute atomic E-state index is 0.852. The summed E-state index contributed by atoms with van der Waals surface area (Å²) in [6.45, 7) is 20.0. The van der Waals surface area contributed by atoms with Crippen molar-refractivity contribution in [2.45, 2.75) is 88.0 Å². The highest BCUT2D eigenvalue weighted by Gasteiger charge is 1.95. The lowest BCUT2D eigenvalue weighted by Crippen LogP contribution is -1.95. The van der Waals surface area contributed by atoms with Gasteiger partial charge in [-0.05, 0) is 17.8 Å². The van der Waals surface area contributed by atoms with Crippen LogP contribution in [-0.2, 0) is 0 Å². The smallest absolute Gasteiger partial charge is 0.0448 e. The molecule has 0 aliphatic heterocycles. The first-order chi connectivity index (χ1) is 7.33. The van der Waals surface area contributed by atoms with Crippen molar-refractivity contribution in [1.29, 1.82) is 0 Å². The van der Waals surface area contributed by atoms with Crippen LogP contribution in [0.3, 0.4) is 0 Å². The van der Waals surface area contributed by atoms with Crippen LogP contribution >= 0.6 is 0 Å². The van der Waals surface area contributed by atoms with Gasteiger partial charge in [0.25, 0.3) is 0 Å². The van der Waals surface area contributed by atoms with Crippen LogP contribution in [0.5, 0.6) is 0 Å². The highest BCUT2D eigenvalue weighted by molar-refractivity contribution is 4.46. The van der Waals surface area contributed by atoms with Crippen LogP contribution in [0.15, 0.2) is 0 Å². The van der Waals surface area contributed by atoms with Crippen molar-refractivity contribution in [2.24, 2.45) is 17.8 Å². The Labute approximate surface area is 106 Å². The van der Waals surface area contributed by atoms with E-state index in [1.807, 2.05) is 0 Å². The molecule has 0 radical (unpaired) electrons. The van der Waals surface area contributed by atoms with Gasteiger partial charge in [0.2, 0.25) is 0 Å². The molecule has 0 nitrogen and oxygen atoms in total. The van der Waals surface area contributed by atoms with Crippen molar-refractivity contribution in [3.05, 3.63) is 0 Å². The number of hydrogen-bond donors (Lipinski definition) is 0. The summed E-state index contributed by atoms with van der Waals surface area (Å²) in [4.78, 5) is 0. The van der Waals surface area contributed by atoms with Gasteiger partial charge < -0.3 is 0 Å². The molecule has 0 aromatic heterocycles. The van der Waals surface area contributed by atoms with Crippen molar-refractivity contribution in [3.8, 4) is 0 Å². The zero-order valence-corrected chi connectivity index (χ0v) is 13.6. The maximum absolute atomic E-state index is 2.24. The van der Waals surface area contributed by atoms with Crippen LogP contribution in [0.4, 0.5) is 0 Å². The molecule has 0 bridgehead atoms. The zero-order valence-electron chi connectivity index (χ0n) is 13.6. The second-order valence-corrected chi connectivity index (χ2v) is 5.64. The van der Waals surface area contributed by atoms with Crippen LogP contribution in [0.25, 0.3) is 0 Å². The lowest BCUT2D eigenvalue weighted by Gasteiger charge is -2.05. The molecule has 0 amide bonds. The lowest BCUT2D eigenvalue weighted by molar-refractivity contribution is 0.457. The van der Waals surface area contributed by atoms with Crippen LogP contribution in [-0.4, -0.2) is 0 Å². The topological polar surface area (TPSA) is 0 Å². The van der Waals surface area contributed by atoms with E-state index in [1.165, 1.54) is 25.7 Å². The molecular weight excluding hydrogens is 192 g/mol. The predicted octanol–water partition coefficient (Wildman–Crippen LogP) is 6.55. The first-order valence-electron chi connectivity index (χ1n) is 7.33. The van der Waals surface area contributed by atoms with Crippen molar-refractivity contribution in [2.75, 3.05) is 0 Å². The van der Waals surface area contributed by atoms with Gasteiger partial charge in [0.15, 0.2) is 0 Å². The molecule has 0 fully saturated rings. The van der Waals surface area contributed by atoms with Gasteiger partial charge in [-0.15, -0.1) is 0 Å². The van der Waals surface area contributed by atoms with Crippen molar-refractivity contribution >= 4 is 0 Å². The van der Waals surface area contributed by atoms with Crippen molar-refractivity contribution < 1.29 is 0 Å². The maximum Gasteiger partial charge on any atom is -0.0448 e. The molecular formula is C16H38. The molecule has 0 N–H and O–H groups in total. The molecule has 0 aromatic carbocycles. The summed E-state index contributed by atoms with van der Waals surface area (Å²) in [5.41, 5.74) is 0. The number of rotatable bonds is 4. The van der Waals surface area contributed by atoms with Gasteiger partial charge in [0, 0.05) is 0 Å². The summed E-state index contributed by atoms with van der Waals surface area (Å²) < 4.78 is 0. The SMILES string of the molecule is CC(C)C(C)C.CCC(C)C.CCCCC. The second kappa shape index (κ2) is 17.4. The molecule has 0 spiro atoms. The van der Waals surface area contributed by atoms with Gasteiger partial charge in [-0.3, -0.25) is 0 Å². The third kappa shape index (κ3) is 37.0. The molecule has 0 rings (SSSR count).